The van der Waals surface area contributed by atoms with Crippen LogP contribution in [0.25, 0.3) is 11.3 Å². The highest BCUT2D eigenvalue weighted by Gasteiger charge is 2.41. The molecule has 0 amide bonds. The molecule has 0 spiro atoms. The van der Waals surface area contributed by atoms with Crippen LogP contribution in [0.3, 0.4) is 0 Å². The lowest BCUT2D eigenvalue weighted by Crippen LogP contribution is -2.37. The molecule has 2 aromatic rings. The molecular weight excluding hydrogens is 422 g/mol. The maximum absolute atomic E-state index is 13.1. The van der Waals surface area contributed by atoms with Crippen LogP contribution < -0.4 is 15.8 Å². The van der Waals surface area contributed by atoms with Crippen molar-refractivity contribution in [3.8, 4) is 11.3 Å². The minimum absolute atomic E-state index is 0. The molecule has 1 aliphatic heterocycles. The van der Waals surface area contributed by atoms with Gasteiger partial charge in [-0.1, -0.05) is 6.07 Å². The largest absolute Gasteiger partial charge is 0.396 e. The first-order valence-electron chi connectivity index (χ1n) is 10.5. The van der Waals surface area contributed by atoms with Crippen LogP contribution in [0.5, 0.6) is 0 Å². The van der Waals surface area contributed by atoms with Gasteiger partial charge in [0, 0.05) is 31.3 Å². The van der Waals surface area contributed by atoms with E-state index < -0.39 is 24.2 Å². The van der Waals surface area contributed by atoms with Gasteiger partial charge in [0.1, 0.15) is 17.5 Å². The molecule has 2 aliphatic rings. The number of hydrogen-bond donors (Lipinski definition) is 5. The number of aryl methyl sites for hydroxylation is 1. The standard InChI is InChI=1S/C21H29N5O4.ClH/c1-12-6-5-7-14(22-12)16-19(23-15-10-13(11-27)17(28)18(15)29)24-21(25-20(16)30)26-8-3-2-4-9-26;/h5-7,13,15,17-18,27-29H,2-4,8-11H2,1H3,(H2,23,24,25,30);1H/t13-,15-,17-,18+;/m1./s1. The molecule has 0 radical (unpaired) electrons. The highest BCUT2D eigenvalue weighted by atomic mass is 35.5. The molecule has 10 heteroatoms. The van der Waals surface area contributed by atoms with Crippen LogP contribution in [0.1, 0.15) is 31.4 Å². The lowest BCUT2D eigenvalue weighted by atomic mass is 10.1. The molecule has 1 saturated carbocycles. The molecule has 0 unspecified atom stereocenters. The second kappa shape index (κ2) is 9.95. The highest BCUT2D eigenvalue weighted by Crippen LogP contribution is 2.31. The Bertz CT molecular complexity index is 950. The maximum Gasteiger partial charge on any atom is 0.263 e. The van der Waals surface area contributed by atoms with Crippen molar-refractivity contribution in [1.29, 1.82) is 0 Å². The summed E-state index contributed by atoms with van der Waals surface area (Å²) < 4.78 is 0. The summed E-state index contributed by atoms with van der Waals surface area (Å²) in [6, 6.07) is 4.89. The predicted octanol–water partition coefficient (Wildman–Crippen LogP) is 1.07. The minimum atomic E-state index is -1.07. The number of rotatable bonds is 5. The molecule has 0 bridgehead atoms. The monoisotopic (exact) mass is 451 g/mol. The molecule has 31 heavy (non-hydrogen) atoms. The van der Waals surface area contributed by atoms with Gasteiger partial charge in [0.2, 0.25) is 5.95 Å². The Morgan fingerprint density at radius 1 is 1.16 bits per heavy atom. The first kappa shape index (κ1) is 23.5. The number of hydrogen-bond acceptors (Lipinski definition) is 8. The van der Waals surface area contributed by atoms with Crippen LogP contribution in [0.4, 0.5) is 11.8 Å². The Balaban J connectivity index is 0.00000272. The van der Waals surface area contributed by atoms with E-state index in [0.29, 0.717) is 29.4 Å². The minimum Gasteiger partial charge on any atom is -0.396 e. The summed E-state index contributed by atoms with van der Waals surface area (Å²) in [4.78, 5) is 27.2. The third-order valence-corrected chi connectivity index (χ3v) is 6.07. The third kappa shape index (κ3) is 4.85. The van der Waals surface area contributed by atoms with Gasteiger partial charge in [-0.05, 0) is 44.7 Å². The second-order valence-corrected chi connectivity index (χ2v) is 8.24. The number of nitrogens with zero attached hydrogens (tertiary/aromatic N) is 3. The number of anilines is 2. The molecule has 9 nitrogen and oxygen atoms in total. The van der Waals surface area contributed by atoms with E-state index in [-0.39, 0.29) is 24.6 Å². The molecule has 1 saturated heterocycles. The molecule has 2 fully saturated rings. The number of aromatic nitrogens is 3. The molecule has 3 heterocycles. The van der Waals surface area contributed by atoms with Gasteiger partial charge in [0.15, 0.2) is 0 Å². The second-order valence-electron chi connectivity index (χ2n) is 8.24. The molecule has 170 valence electrons. The van der Waals surface area contributed by atoms with Crippen molar-refractivity contribution in [1.82, 2.24) is 15.0 Å². The van der Waals surface area contributed by atoms with E-state index in [9.17, 15) is 20.1 Å². The zero-order chi connectivity index (χ0) is 21.3. The van der Waals surface area contributed by atoms with E-state index in [0.717, 1.165) is 38.0 Å². The fourth-order valence-corrected chi connectivity index (χ4v) is 4.37. The van der Waals surface area contributed by atoms with Crippen molar-refractivity contribution in [2.45, 2.75) is 50.9 Å². The Labute approximate surface area is 187 Å². The number of aromatic amines is 1. The maximum atomic E-state index is 13.1. The van der Waals surface area contributed by atoms with E-state index in [2.05, 4.69) is 20.2 Å². The fraction of sp³-hybridized carbons (Fsp3) is 0.571. The summed E-state index contributed by atoms with van der Waals surface area (Å²) in [7, 11) is 0. The van der Waals surface area contributed by atoms with Gasteiger partial charge in [0.05, 0.1) is 17.8 Å². The summed E-state index contributed by atoms with van der Waals surface area (Å²) in [6.07, 6.45) is 1.51. The van der Waals surface area contributed by atoms with Crippen molar-refractivity contribution < 1.29 is 15.3 Å². The average Bonchev–Trinajstić information content (AvgIpc) is 3.02. The van der Waals surface area contributed by atoms with Crippen molar-refractivity contribution in [2.75, 3.05) is 29.9 Å². The zero-order valence-corrected chi connectivity index (χ0v) is 18.3. The first-order valence-corrected chi connectivity index (χ1v) is 10.5. The third-order valence-electron chi connectivity index (χ3n) is 6.07. The van der Waals surface area contributed by atoms with E-state index >= 15 is 0 Å². The smallest absolute Gasteiger partial charge is 0.263 e. The molecule has 4 atom stereocenters. The van der Waals surface area contributed by atoms with Crippen LogP contribution in [-0.4, -0.2) is 68.2 Å². The van der Waals surface area contributed by atoms with Crippen molar-refractivity contribution in [2.24, 2.45) is 5.92 Å². The number of pyridine rings is 1. The average molecular weight is 452 g/mol. The Kier molecular flexibility index (Phi) is 7.53. The predicted molar refractivity (Wildman–Crippen MR) is 121 cm³/mol. The van der Waals surface area contributed by atoms with E-state index in [1.165, 1.54) is 0 Å². The number of piperidine rings is 1. The van der Waals surface area contributed by atoms with E-state index in [4.69, 9.17) is 4.98 Å². The summed E-state index contributed by atoms with van der Waals surface area (Å²) >= 11 is 0. The van der Waals surface area contributed by atoms with E-state index in [1.54, 1.807) is 6.07 Å². The lowest BCUT2D eigenvalue weighted by molar-refractivity contribution is 0.00446. The van der Waals surface area contributed by atoms with Gasteiger partial charge in [-0.25, -0.2) is 0 Å². The molecule has 5 N–H and O–H groups in total. The van der Waals surface area contributed by atoms with Gasteiger partial charge in [-0.15, -0.1) is 12.4 Å². The van der Waals surface area contributed by atoms with Gasteiger partial charge in [0.25, 0.3) is 5.56 Å². The Hall–Kier alpha value is -2.20. The summed E-state index contributed by atoms with van der Waals surface area (Å²) in [5.41, 5.74) is 1.25. The van der Waals surface area contributed by atoms with Gasteiger partial charge < -0.3 is 25.5 Å². The fourth-order valence-electron chi connectivity index (χ4n) is 4.37. The van der Waals surface area contributed by atoms with Crippen molar-refractivity contribution >= 4 is 24.2 Å². The molecule has 2 aromatic heterocycles. The SMILES string of the molecule is Cc1cccc(-c2c(N[C@@H]3C[C@H](CO)[C@@H](O)[C@H]3O)nc(N3CCCCC3)[nH]c2=O)n1.Cl. The first-order chi connectivity index (χ1) is 14.5. The molecule has 1 aliphatic carbocycles. The summed E-state index contributed by atoms with van der Waals surface area (Å²) in [5, 5.41) is 33.3. The van der Waals surface area contributed by atoms with E-state index in [1.807, 2.05) is 19.1 Å². The number of halogens is 1. The Morgan fingerprint density at radius 2 is 1.90 bits per heavy atom. The van der Waals surface area contributed by atoms with Crippen LogP contribution in [0.2, 0.25) is 0 Å². The quantitative estimate of drug-likeness (QED) is 0.455. The summed E-state index contributed by atoms with van der Waals surface area (Å²) in [5.74, 6) is 0.388. The topological polar surface area (TPSA) is 135 Å². The van der Waals surface area contributed by atoms with Crippen LogP contribution in [0, 0.1) is 12.8 Å². The summed E-state index contributed by atoms with van der Waals surface area (Å²) in [6.45, 7) is 3.28. The number of H-pyrrole nitrogens is 1. The molecular formula is C21H30ClN5O4. The highest BCUT2D eigenvalue weighted by molar-refractivity contribution is 5.85. The van der Waals surface area contributed by atoms with Gasteiger partial charge in [-0.3, -0.25) is 14.8 Å². The van der Waals surface area contributed by atoms with Crippen LogP contribution in [-0.2, 0) is 0 Å². The zero-order valence-electron chi connectivity index (χ0n) is 17.5. The van der Waals surface area contributed by atoms with Crippen LogP contribution >= 0.6 is 12.4 Å². The van der Waals surface area contributed by atoms with Crippen molar-refractivity contribution in [3.05, 3.63) is 34.2 Å². The number of aliphatic hydroxyl groups is 3. The van der Waals surface area contributed by atoms with Gasteiger partial charge >= 0.3 is 0 Å². The van der Waals surface area contributed by atoms with Gasteiger partial charge in [-0.2, -0.15) is 4.98 Å². The van der Waals surface area contributed by atoms with Crippen molar-refractivity contribution in [3.63, 3.8) is 0 Å². The normalized spacial score (nSPS) is 25.9. The van der Waals surface area contributed by atoms with Crippen LogP contribution in [0.15, 0.2) is 23.0 Å². The molecule has 4 rings (SSSR count). The number of aliphatic hydroxyl groups excluding tert-OH is 3. The molecule has 0 aromatic carbocycles. The lowest BCUT2D eigenvalue weighted by Gasteiger charge is -2.28. The Morgan fingerprint density at radius 3 is 2.55 bits per heavy atom. The number of nitrogens with one attached hydrogen (secondary N) is 2.